The smallest absolute Gasteiger partial charge is 0.300 e. The standard InChI is InChI=1S/C12H17F3N2O2S/c1-3-17(4-2)8-9-5-6-10(20(16,18)19)7-11(9)12(13,14)15/h5-7H,3-4,8H2,1-2H3,(H2,16,18,19). The Kier molecular flexibility index (Phi) is 5.17. The zero-order chi connectivity index (χ0) is 15.6. The first kappa shape index (κ1) is 16.9. The molecule has 1 aromatic carbocycles. The monoisotopic (exact) mass is 310 g/mol. The molecule has 0 spiro atoms. The molecule has 0 unspecified atom stereocenters. The van der Waals surface area contributed by atoms with Gasteiger partial charge in [-0.05, 0) is 30.8 Å². The molecule has 0 radical (unpaired) electrons. The van der Waals surface area contributed by atoms with Crippen molar-refractivity contribution in [2.75, 3.05) is 13.1 Å². The van der Waals surface area contributed by atoms with E-state index in [1.807, 2.05) is 13.8 Å². The first-order chi connectivity index (χ1) is 9.09. The van der Waals surface area contributed by atoms with E-state index in [4.69, 9.17) is 5.14 Å². The third-order valence-electron chi connectivity index (χ3n) is 3.00. The van der Waals surface area contributed by atoms with Gasteiger partial charge in [-0.1, -0.05) is 19.9 Å². The van der Waals surface area contributed by atoms with Crippen LogP contribution in [0, 0.1) is 0 Å². The van der Waals surface area contributed by atoms with Crippen molar-refractivity contribution in [3.63, 3.8) is 0 Å². The van der Waals surface area contributed by atoms with Crippen LogP contribution >= 0.6 is 0 Å². The third kappa shape index (κ3) is 4.19. The number of sulfonamides is 1. The fourth-order valence-corrected chi connectivity index (χ4v) is 2.36. The van der Waals surface area contributed by atoms with E-state index in [9.17, 15) is 21.6 Å². The lowest BCUT2D eigenvalue weighted by Gasteiger charge is -2.21. The number of hydrogen-bond donors (Lipinski definition) is 1. The summed E-state index contributed by atoms with van der Waals surface area (Å²) in [6, 6.07) is 2.86. The lowest BCUT2D eigenvalue weighted by molar-refractivity contribution is -0.138. The van der Waals surface area contributed by atoms with Crippen molar-refractivity contribution >= 4 is 10.0 Å². The summed E-state index contributed by atoms with van der Waals surface area (Å²) in [4.78, 5) is 1.27. The second kappa shape index (κ2) is 6.11. The van der Waals surface area contributed by atoms with Gasteiger partial charge in [0.15, 0.2) is 0 Å². The van der Waals surface area contributed by atoms with E-state index in [1.54, 1.807) is 4.90 Å². The number of nitrogens with zero attached hydrogens (tertiary/aromatic N) is 1. The van der Waals surface area contributed by atoms with Crippen LogP contribution in [-0.4, -0.2) is 26.4 Å². The van der Waals surface area contributed by atoms with E-state index in [2.05, 4.69) is 0 Å². The van der Waals surface area contributed by atoms with Crippen LogP contribution < -0.4 is 5.14 Å². The molecular weight excluding hydrogens is 293 g/mol. The maximum atomic E-state index is 13.0. The molecule has 0 heterocycles. The summed E-state index contributed by atoms with van der Waals surface area (Å²) in [5, 5.41) is 4.87. The van der Waals surface area contributed by atoms with Crippen molar-refractivity contribution in [1.82, 2.24) is 4.90 Å². The van der Waals surface area contributed by atoms with Gasteiger partial charge in [-0.25, -0.2) is 13.6 Å². The largest absolute Gasteiger partial charge is 0.416 e. The number of primary sulfonamides is 1. The fraction of sp³-hybridized carbons (Fsp3) is 0.500. The number of hydrogen-bond acceptors (Lipinski definition) is 3. The number of halogens is 3. The quantitative estimate of drug-likeness (QED) is 0.907. The molecule has 0 amide bonds. The van der Waals surface area contributed by atoms with Crippen LogP contribution in [0.15, 0.2) is 23.1 Å². The summed E-state index contributed by atoms with van der Waals surface area (Å²) in [5.41, 5.74) is -0.926. The molecular formula is C12H17F3N2O2S. The number of nitrogens with two attached hydrogens (primary N) is 1. The van der Waals surface area contributed by atoms with Crippen LogP contribution in [0.2, 0.25) is 0 Å². The summed E-state index contributed by atoms with van der Waals surface area (Å²) in [6.07, 6.45) is -4.62. The van der Waals surface area contributed by atoms with E-state index in [-0.39, 0.29) is 12.1 Å². The van der Waals surface area contributed by atoms with Crippen molar-refractivity contribution in [3.8, 4) is 0 Å². The highest BCUT2D eigenvalue weighted by Crippen LogP contribution is 2.34. The van der Waals surface area contributed by atoms with Gasteiger partial charge in [0.05, 0.1) is 10.5 Å². The highest BCUT2D eigenvalue weighted by Gasteiger charge is 2.34. The van der Waals surface area contributed by atoms with Gasteiger partial charge in [0.25, 0.3) is 0 Å². The van der Waals surface area contributed by atoms with E-state index < -0.39 is 26.7 Å². The third-order valence-corrected chi connectivity index (χ3v) is 3.91. The van der Waals surface area contributed by atoms with Crippen LogP contribution in [0.1, 0.15) is 25.0 Å². The molecule has 2 N–H and O–H groups in total. The van der Waals surface area contributed by atoms with Crippen LogP contribution in [-0.2, 0) is 22.7 Å². The van der Waals surface area contributed by atoms with Crippen molar-refractivity contribution in [1.29, 1.82) is 0 Å². The molecule has 0 saturated carbocycles. The Morgan fingerprint density at radius 1 is 1.20 bits per heavy atom. The molecule has 20 heavy (non-hydrogen) atoms. The van der Waals surface area contributed by atoms with Gasteiger partial charge in [0, 0.05) is 6.54 Å². The fourth-order valence-electron chi connectivity index (χ4n) is 1.82. The highest BCUT2D eigenvalue weighted by atomic mass is 32.2. The van der Waals surface area contributed by atoms with Gasteiger partial charge in [-0.3, -0.25) is 4.90 Å². The average molecular weight is 310 g/mol. The predicted octanol–water partition coefficient (Wildman–Crippen LogP) is 2.19. The molecule has 0 aliphatic heterocycles. The highest BCUT2D eigenvalue weighted by molar-refractivity contribution is 7.89. The molecule has 0 aliphatic rings. The second-order valence-electron chi connectivity index (χ2n) is 4.32. The zero-order valence-electron chi connectivity index (χ0n) is 11.2. The van der Waals surface area contributed by atoms with Crippen molar-refractivity contribution in [2.45, 2.75) is 31.5 Å². The molecule has 114 valence electrons. The minimum absolute atomic E-state index is 0.0357. The van der Waals surface area contributed by atoms with Gasteiger partial charge < -0.3 is 0 Å². The summed E-state index contributed by atoms with van der Waals surface area (Å²) in [6.45, 7) is 4.99. The molecule has 4 nitrogen and oxygen atoms in total. The van der Waals surface area contributed by atoms with Gasteiger partial charge >= 0.3 is 6.18 Å². The Bertz CT molecular complexity index is 567. The second-order valence-corrected chi connectivity index (χ2v) is 5.88. The van der Waals surface area contributed by atoms with E-state index in [1.165, 1.54) is 6.07 Å². The maximum Gasteiger partial charge on any atom is 0.416 e. The summed E-state index contributed by atoms with van der Waals surface area (Å²) in [7, 11) is -4.16. The molecule has 8 heteroatoms. The Labute approximate surface area is 116 Å². The predicted molar refractivity (Wildman–Crippen MR) is 69.4 cm³/mol. The maximum absolute atomic E-state index is 13.0. The summed E-state index contributed by atoms with van der Waals surface area (Å²) < 4.78 is 61.4. The zero-order valence-corrected chi connectivity index (χ0v) is 12.1. The number of benzene rings is 1. The first-order valence-corrected chi connectivity index (χ1v) is 7.59. The number of alkyl halides is 3. The summed E-state index contributed by atoms with van der Waals surface area (Å²) >= 11 is 0. The number of rotatable bonds is 5. The molecule has 1 rings (SSSR count). The molecule has 0 aromatic heterocycles. The minimum atomic E-state index is -4.62. The summed E-state index contributed by atoms with van der Waals surface area (Å²) in [5.74, 6) is 0. The SMILES string of the molecule is CCN(CC)Cc1ccc(S(N)(=O)=O)cc1C(F)(F)F. The Morgan fingerprint density at radius 3 is 2.15 bits per heavy atom. The molecule has 0 aliphatic carbocycles. The minimum Gasteiger partial charge on any atom is -0.300 e. The lowest BCUT2D eigenvalue weighted by Crippen LogP contribution is -2.24. The molecule has 0 saturated heterocycles. The first-order valence-electron chi connectivity index (χ1n) is 6.04. The van der Waals surface area contributed by atoms with Crippen molar-refractivity contribution < 1.29 is 21.6 Å². The Balaban J connectivity index is 3.32. The van der Waals surface area contributed by atoms with Gasteiger partial charge in [0.1, 0.15) is 0 Å². The van der Waals surface area contributed by atoms with Gasteiger partial charge in [-0.2, -0.15) is 13.2 Å². The van der Waals surface area contributed by atoms with Crippen LogP contribution in [0.4, 0.5) is 13.2 Å². The Hall–Kier alpha value is -1.12. The van der Waals surface area contributed by atoms with Crippen molar-refractivity contribution in [2.24, 2.45) is 5.14 Å². The van der Waals surface area contributed by atoms with Gasteiger partial charge in [0.2, 0.25) is 10.0 Å². The van der Waals surface area contributed by atoms with Crippen molar-refractivity contribution in [3.05, 3.63) is 29.3 Å². The van der Waals surface area contributed by atoms with Gasteiger partial charge in [-0.15, -0.1) is 0 Å². The Morgan fingerprint density at radius 2 is 1.75 bits per heavy atom. The van der Waals surface area contributed by atoms with Crippen LogP contribution in [0.3, 0.4) is 0 Å². The van der Waals surface area contributed by atoms with E-state index in [0.29, 0.717) is 19.2 Å². The lowest BCUT2D eigenvalue weighted by atomic mass is 10.1. The normalized spacial score (nSPS) is 12.9. The van der Waals surface area contributed by atoms with E-state index in [0.717, 1.165) is 6.07 Å². The molecule has 1 aromatic rings. The van der Waals surface area contributed by atoms with Crippen LogP contribution in [0.5, 0.6) is 0 Å². The topological polar surface area (TPSA) is 63.4 Å². The average Bonchev–Trinajstić information content (AvgIpc) is 2.33. The molecule has 0 atom stereocenters. The molecule has 0 bridgehead atoms. The van der Waals surface area contributed by atoms with Crippen LogP contribution in [0.25, 0.3) is 0 Å². The molecule has 0 fully saturated rings. The van der Waals surface area contributed by atoms with E-state index >= 15 is 0 Å².